The minimum absolute atomic E-state index is 0.0175. The zero-order valence-electron chi connectivity index (χ0n) is 10.2. The van der Waals surface area contributed by atoms with E-state index in [4.69, 9.17) is 16.3 Å². The molecule has 18 heavy (non-hydrogen) atoms. The standard InChI is InChI=1S/C13H15BrClNO2/c1-18-10-4-5-12(14)11(7-10)13(17)16-6-2-3-9(16)8-15/h4-5,7,9H,2-3,6,8H2,1H3. The maximum atomic E-state index is 12.5. The summed E-state index contributed by atoms with van der Waals surface area (Å²) in [6.07, 6.45) is 2.00. The summed E-state index contributed by atoms with van der Waals surface area (Å²) in [4.78, 5) is 14.3. The Balaban J connectivity index is 2.27. The Labute approximate surface area is 120 Å². The number of carbonyl (C=O) groups excluding carboxylic acids is 1. The fraction of sp³-hybridized carbons (Fsp3) is 0.462. The van der Waals surface area contributed by atoms with Crippen LogP contribution in [-0.2, 0) is 0 Å². The summed E-state index contributed by atoms with van der Waals surface area (Å²) in [5.74, 6) is 1.19. The lowest BCUT2D eigenvalue weighted by atomic mass is 10.1. The Kier molecular flexibility index (Phi) is 4.51. The van der Waals surface area contributed by atoms with Crippen molar-refractivity contribution in [1.82, 2.24) is 4.90 Å². The van der Waals surface area contributed by atoms with Crippen molar-refractivity contribution < 1.29 is 9.53 Å². The van der Waals surface area contributed by atoms with E-state index in [0.717, 1.165) is 23.9 Å². The Morgan fingerprint density at radius 3 is 3.06 bits per heavy atom. The molecule has 0 bridgehead atoms. The van der Waals surface area contributed by atoms with Gasteiger partial charge in [0.05, 0.1) is 12.7 Å². The number of alkyl halides is 1. The number of ether oxygens (including phenoxy) is 1. The van der Waals surface area contributed by atoms with E-state index in [-0.39, 0.29) is 11.9 Å². The van der Waals surface area contributed by atoms with Crippen molar-refractivity contribution in [3.63, 3.8) is 0 Å². The zero-order valence-corrected chi connectivity index (χ0v) is 12.5. The van der Waals surface area contributed by atoms with Crippen LogP contribution in [0.2, 0.25) is 0 Å². The van der Waals surface area contributed by atoms with Crippen LogP contribution >= 0.6 is 27.5 Å². The topological polar surface area (TPSA) is 29.5 Å². The van der Waals surface area contributed by atoms with Crippen LogP contribution in [0, 0.1) is 0 Å². The molecule has 0 radical (unpaired) electrons. The molecule has 1 fully saturated rings. The minimum atomic E-state index is 0.0175. The van der Waals surface area contributed by atoms with Crippen LogP contribution in [0.5, 0.6) is 5.75 Å². The third kappa shape index (κ3) is 2.64. The minimum Gasteiger partial charge on any atom is -0.497 e. The molecule has 0 aromatic heterocycles. The number of hydrogen-bond acceptors (Lipinski definition) is 2. The molecule has 1 aromatic carbocycles. The van der Waals surface area contributed by atoms with Crippen molar-refractivity contribution in [2.75, 3.05) is 19.5 Å². The van der Waals surface area contributed by atoms with Crippen LogP contribution in [0.1, 0.15) is 23.2 Å². The molecule has 0 N–H and O–H groups in total. The zero-order chi connectivity index (χ0) is 13.1. The molecule has 0 spiro atoms. The van der Waals surface area contributed by atoms with Crippen molar-refractivity contribution in [2.45, 2.75) is 18.9 Å². The smallest absolute Gasteiger partial charge is 0.255 e. The number of amides is 1. The van der Waals surface area contributed by atoms with Gasteiger partial charge in [-0.1, -0.05) is 0 Å². The number of likely N-dealkylation sites (tertiary alicyclic amines) is 1. The van der Waals surface area contributed by atoms with Gasteiger partial charge in [-0.15, -0.1) is 11.6 Å². The van der Waals surface area contributed by atoms with Crippen LogP contribution in [0.15, 0.2) is 22.7 Å². The summed E-state index contributed by atoms with van der Waals surface area (Å²) in [5, 5.41) is 0. The average Bonchev–Trinajstić information content (AvgIpc) is 2.86. The van der Waals surface area contributed by atoms with E-state index in [9.17, 15) is 4.79 Å². The third-order valence-electron chi connectivity index (χ3n) is 3.22. The van der Waals surface area contributed by atoms with E-state index in [0.29, 0.717) is 17.2 Å². The van der Waals surface area contributed by atoms with Gasteiger partial charge < -0.3 is 9.64 Å². The highest BCUT2D eigenvalue weighted by Gasteiger charge is 2.29. The highest BCUT2D eigenvalue weighted by Crippen LogP contribution is 2.27. The summed E-state index contributed by atoms with van der Waals surface area (Å²) in [6, 6.07) is 5.56. The lowest BCUT2D eigenvalue weighted by Crippen LogP contribution is -2.36. The summed E-state index contributed by atoms with van der Waals surface area (Å²) < 4.78 is 5.94. The third-order valence-corrected chi connectivity index (χ3v) is 4.27. The van der Waals surface area contributed by atoms with Gasteiger partial charge in [-0.2, -0.15) is 0 Å². The molecule has 5 heteroatoms. The molecule has 1 atom stereocenters. The molecule has 0 aliphatic carbocycles. The number of methoxy groups -OCH3 is 1. The van der Waals surface area contributed by atoms with E-state index in [2.05, 4.69) is 15.9 Å². The molecule has 1 aliphatic rings. The van der Waals surface area contributed by atoms with Crippen molar-refractivity contribution in [3.05, 3.63) is 28.2 Å². The maximum Gasteiger partial charge on any atom is 0.255 e. The molecule has 1 amide bonds. The Bertz CT molecular complexity index is 453. The molecule has 0 saturated carbocycles. The van der Waals surface area contributed by atoms with Gasteiger partial charge in [0, 0.05) is 22.9 Å². The Morgan fingerprint density at radius 2 is 2.39 bits per heavy atom. The normalized spacial score (nSPS) is 19.1. The number of halogens is 2. The van der Waals surface area contributed by atoms with Crippen LogP contribution in [-0.4, -0.2) is 36.4 Å². The largest absolute Gasteiger partial charge is 0.497 e. The van der Waals surface area contributed by atoms with E-state index < -0.39 is 0 Å². The molecule has 1 unspecified atom stereocenters. The van der Waals surface area contributed by atoms with E-state index >= 15 is 0 Å². The number of carbonyl (C=O) groups is 1. The molecule has 1 heterocycles. The van der Waals surface area contributed by atoms with Crippen molar-refractivity contribution >= 4 is 33.4 Å². The van der Waals surface area contributed by atoms with Gasteiger partial charge >= 0.3 is 0 Å². The first-order valence-corrected chi connectivity index (χ1v) is 7.20. The Hall–Kier alpha value is -0.740. The summed E-state index contributed by atoms with van der Waals surface area (Å²) in [6.45, 7) is 0.778. The molecule has 1 aliphatic heterocycles. The second-order valence-electron chi connectivity index (χ2n) is 4.29. The van der Waals surface area contributed by atoms with Gasteiger partial charge in [0.1, 0.15) is 5.75 Å². The van der Waals surface area contributed by atoms with Crippen LogP contribution in [0.3, 0.4) is 0 Å². The van der Waals surface area contributed by atoms with E-state index in [1.807, 2.05) is 17.0 Å². The van der Waals surface area contributed by atoms with Crippen molar-refractivity contribution in [2.24, 2.45) is 0 Å². The molecule has 1 saturated heterocycles. The van der Waals surface area contributed by atoms with Gasteiger partial charge in [0.25, 0.3) is 5.91 Å². The number of hydrogen-bond donors (Lipinski definition) is 0. The first kappa shape index (κ1) is 13.7. The van der Waals surface area contributed by atoms with Gasteiger partial charge in [0.15, 0.2) is 0 Å². The second kappa shape index (κ2) is 5.93. The number of benzene rings is 1. The van der Waals surface area contributed by atoms with Crippen LogP contribution < -0.4 is 4.74 Å². The highest BCUT2D eigenvalue weighted by atomic mass is 79.9. The predicted molar refractivity (Wildman–Crippen MR) is 75.5 cm³/mol. The van der Waals surface area contributed by atoms with Crippen molar-refractivity contribution in [1.29, 1.82) is 0 Å². The van der Waals surface area contributed by atoms with Crippen LogP contribution in [0.4, 0.5) is 0 Å². The molecule has 3 nitrogen and oxygen atoms in total. The van der Waals surface area contributed by atoms with Gasteiger partial charge in [-0.05, 0) is 47.0 Å². The highest BCUT2D eigenvalue weighted by molar-refractivity contribution is 9.10. The molecule has 2 rings (SSSR count). The Morgan fingerprint density at radius 1 is 1.61 bits per heavy atom. The SMILES string of the molecule is COc1ccc(Br)c(C(=O)N2CCCC2CCl)c1. The second-order valence-corrected chi connectivity index (χ2v) is 5.46. The van der Waals surface area contributed by atoms with E-state index in [1.165, 1.54) is 0 Å². The monoisotopic (exact) mass is 331 g/mol. The van der Waals surface area contributed by atoms with Crippen LogP contribution in [0.25, 0.3) is 0 Å². The fourth-order valence-electron chi connectivity index (χ4n) is 2.21. The lowest BCUT2D eigenvalue weighted by Gasteiger charge is -2.23. The summed E-state index contributed by atoms with van der Waals surface area (Å²) in [5.41, 5.74) is 0.631. The van der Waals surface area contributed by atoms with Gasteiger partial charge in [-0.25, -0.2) is 0 Å². The molecule has 1 aromatic rings. The molecular formula is C13H15BrClNO2. The molecule has 98 valence electrons. The first-order valence-electron chi connectivity index (χ1n) is 5.88. The fourth-order valence-corrected chi connectivity index (χ4v) is 2.95. The van der Waals surface area contributed by atoms with Crippen molar-refractivity contribution in [3.8, 4) is 5.75 Å². The van der Waals surface area contributed by atoms with Gasteiger partial charge in [0.2, 0.25) is 0 Å². The maximum absolute atomic E-state index is 12.5. The summed E-state index contributed by atoms with van der Waals surface area (Å²) >= 11 is 9.32. The van der Waals surface area contributed by atoms with E-state index in [1.54, 1.807) is 13.2 Å². The lowest BCUT2D eigenvalue weighted by molar-refractivity contribution is 0.0748. The number of rotatable bonds is 3. The first-order chi connectivity index (χ1) is 8.67. The average molecular weight is 333 g/mol. The molecular weight excluding hydrogens is 318 g/mol. The number of nitrogens with zero attached hydrogens (tertiary/aromatic N) is 1. The van der Waals surface area contributed by atoms with Gasteiger partial charge in [-0.3, -0.25) is 4.79 Å². The predicted octanol–water partition coefficient (Wildman–Crippen LogP) is 3.30. The summed E-state index contributed by atoms with van der Waals surface area (Å²) in [7, 11) is 1.59. The quantitative estimate of drug-likeness (QED) is 0.795.